The molecule has 8 nitrogen and oxygen atoms in total. The Balaban J connectivity index is 1.72. The number of amides is 3. The Hall–Kier alpha value is -2.51. The molecule has 28 heavy (non-hydrogen) atoms. The number of hydrogen-bond donors (Lipinski definition) is 0. The van der Waals surface area contributed by atoms with Crippen LogP contribution in [-0.2, 0) is 9.59 Å². The Kier molecular flexibility index (Phi) is 4.21. The molecule has 1 atom stereocenters. The van der Waals surface area contributed by atoms with Crippen molar-refractivity contribution in [2.24, 2.45) is 10.4 Å². The molecular weight excluding hydrogens is 358 g/mol. The lowest BCUT2D eigenvalue weighted by atomic mass is 9.90. The smallest absolute Gasteiger partial charge is 0.297 e. The van der Waals surface area contributed by atoms with E-state index in [0.717, 1.165) is 29.4 Å². The normalized spacial score (nSPS) is 22.6. The zero-order valence-corrected chi connectivity index (χ0v) is 17.2. The van der Waals surface area contributed by atoms with Crippen LogP contribution in [0.15, 0.2) is 11.2 Å². The lowest BCUT2D eigenvalue weighted by Crippen LogP contribution is -2.63. The number of rotatable bonds is 3. The molecule has 150 valence electrons. The van der Waals surface area contributed by atoms with Crippen molar-refractivity contribution in [2.75, 3.05) is 13.6 Å². The van der Waals surface area contributed by atoms with Gasteiger partial charge in [-0.05, 0) is 32.6 Å². The van der Waals surface area contributed by atoms with Crippen LogP contribution in [0.4, 0.5) is 10.7 Å². The number of imide groups is 1. The molecule has 1 saturated carbocycles. The van der Waals surface area contributed by atoms with E-state index >= 15 is 0 Å². The zero-order chi connectivity index (χ0) is 20.4. The van der Waals surface area contributed by atoms with E-state index < -0.39 is 17.5 Å². The van der Waals surface area contributed by atoms with Crippen molar-refractivity contribution in [3.8, 4) is 0 Å². The summed E-state index contributed by atoms with van der Waals surface area (Å²) in [6.45, 7) is 7.18. The average Bonchev–Trinajstić information content (AvgIpc) is 3.31. The molecule has 1 aliphatic carbocycles. The number of nitrogens with zero attached hydrogens (tertiary/aromatic N) is 5. The highest BCUT2D eigenvalue weighted by Gasteiger charge is 2.54. The summed E-state index contributed by atoms with van der Waals surface area (Å²) in [6, 6.07) is -0.797. The molecule has 1 aromatic heterocycles. The lowest BCUT2D eigenvalue weighted by molar-refractivity contribution is -0.677. The second-order valence-corrected chi connectivity index (χ2v) is 9.10. The maximum atomic E-state index is 13.2. The molecule has 3 heterocycles. The fourth-order valence-electron chi connectivity index (χ4n) is 4.34. The second-order valence-electron chi connectivity index (χ2n) is 9.10. The van der Waals surface area contributed by atoms with Gasteiger partial charge in [-0.1, -0.05) is 25.8 Å². The van der Waals surface area contributed by atoms with Crippen LogP contribution in [0.1, 0.15) is 64.2 Å². The highest BCUT2D eigenvalue weighted by atomic mass is 16.2. The first-order valence-electron chi connectivity index (χ1n) is 9.95. The molecular formula is C20H28N5O3+. The molecule has 0 radical (unpaired) electrons. The van der Waals surface area contributed by atoms with Crippen molar-refractivity contribution < 1.29 is 19.0 Å². The van der Waals surface area contributed by atoms with E-state index in [1.54, 1.807) is 27.8 Å². The average molecular weight is 386 g/mol. The van der Waals surface area contributed by atoms with Crippen molar-refractivity contribution in [1.29, 1.82) is 0 Å². The number of Topliss-reactive ketones (excluding diaryl/α,β-unsaturated/α-hetero) is 1. The Labute approximate surface area is 164 Å². The van der Waals surface area contributed by atoms with Gasteiger partial charge in [-0.2, -0.15) is 0 Å². The molecule has 0 N–H and O–H groups in total. The number of fused-ring (bicyclic) bond motifs is 3. The van der Waals surface area contributed by atoms with Gasteiger partial charge in [0.15, 0.2) is 5.78 Å². The summed E-state index contributed by atoms with van der Waals surface area (Å²) in [6.07, 6.45) is 6.55. The van der Waals surface area contributed by atoms with Crippen molar-refractivity contribution in [3.05, 3.63) is 11.9 Å². The van der Waals surface area contributed by atoms with Gasteiger partial charge in [0.1, 0.15) is 11.9 Å². The number of ketones is 1. The van der Waals surface area contributed by atoms with Gasteiger partial charge in [0.25, 0.3) is 5.91 Å². The van der Waals surface area contributed by atoms with Crippen molar-refractivity contribution in [1.82, 2.24) is 14.4 Å². The number of likely N-dealkylation sites (N-methyl/N-ethyl adjacent to an activating group) is 1. The molecule has 4 rings (SSSR count). The summed E-state index contributed by atoms with van der Waals surface area (Å²) >= 11 is 0. The fourth-order valence-corrected chi connectivity index (χ4v) is 4.34. The summed E-state index contributed by atoms with van der Waals surface area (Å²) in [7, 11) is 1.62. The van der Waals surface area contributed by atoms with Crippen LogP contribution in [0.25, 0.3) is 0 Å². The number of hydrogen-bond acceptors (Lipinski definition) is 4. The van der Waals surface area contributed by atoms with E-state index in [2.05, 4.69) is 4.57 Å². The summed E-state index contributed by atoms with van der Waals surface area (Å²) in [5, 5.41) is 0. The van der Waals surface area contributed by atoms with Gasteiger partial charge in [-0.25, -0.2) is 13.9 Å². The van der Waals surface area contributed by atoms with Gasteiger partial charge in [0, 0.05) is 12.5 Å². The molecule has 3 amide bonds. The maximum Gasteiger partial charge on any atom is 0.402 e. The van der Waals surface area contributed by atoms with Gasteiger partial charge >= 0.3 is 12.0 Å². The minimum Gasteiger partial charge on any atom is -0.297 e. The monoisotopic (exact) mass is 386 g/mol. The van der Waals surface area contributed by atoms with Gasteiger partial charge < -0.3 is 0 Å². The van der Waals surface area contributed by atoms with E-state index in [1.807, 2.05) is 17.7 Å². The number of aryl methyl sites for hydroxylation is 1. The first-order valence-corrected chi connectivity index (χ1v) is 9.95. The number of amidine groups is 1. The molecule has 0 bridgehead atoms. The van der Waals surface area contributed by atoms with Crippen molar-refractivity contribution in [2.45, 2.75) is 65.5 Å². The zero-order valence-electron chi connectivity index (χ0n) is 17.2. The fraction of sp³-hybridized carbons (Fsp3) is 0.650. The number of aromatic nitrogens is 2. The molecule has 0 spiro atoms. The molecule has 1 saturated heterocycles. The number of carbonyl (C=O) groups is 3. The maximum absolute atomic E-state index is 13.2. The first kappa shape index (κ1) is 18.8. The number of urea groups is 1. The second kappa shape index (κ2) is 6.25. The van der Waals surface area contributed by atoms with Crippen LogP contribution in [0.3, 0.4) is 0 Å². The number of imidazole rings is 1. The predicted octanol–water partition coefficient (Wildman–Crippen LogP) is 2.29. The Morgan fingerprint density at radius 3 is 2.50 bits per heavy atom. The molecule has 1 aromatic rings. The number of carbonyl (C=O) groups excluding carboxylic acids is 3. The largest absolute Gasteiger partial charge is 0.402 e. The van der Waals surface area contributed by atoms with Crippen LogP contribution in [-0.4, -0.2) is 51.5 Å². The highest BCUT2D eigenvalue weighted by Crippen LogP contribution is 2.37. The molecule has 8 heteroatoms. The van der Waals surface area contributed by atoms with Gasteiger partial charge in [0.05, 0.1) is 12.6 Å². The summed E-state index contributed by atoms with van der Waals surface area (Å²) in [5.74, 6) is 0.635. The topological polar surface area (TPSA) is 78.9 Å². The van der Waals surface area contributed by atoms with Crippen LogP contribution in [0.5, 0.6) is 0 Å². The SMILES string of the molecule is Cc1c[n+]2c(n1C1CCCC1)N=C1C2C(=O)N(CC(=O)C(C)(C)C)C(=O)N1C. The minimum atomic E-state index is -0.688. The van der Waals surface area contributed by atoms with Crippen molar-refractivity contribution >= 4 is 29.5 Å². The highest BCUT2D eigenvalue weighted by molar-refractivity contribution is 6.20. The number of aliphatic imine (C=N–C) groups is 1. The third-order valence-corrected chi connectivity index (χ3v) is 6.08. The molecule has 0 aromatic carbocycles. The summed E-state index contributed by atoms with van der Waals surface area (Å²) in [4.78, 5) is 45.7. The molecule has 2 aliphatic heterocycles. The summed E-state index contributed by atoms with van der Waals surface area (Å²) in [5.41, 5.74) is 0.443. The minimum absolute atomic E-state index is 0.147. The third kappa shape index (κ3) is 2.69. The lowest BCUT2D eigenvalue weighted by Gasteiger charge is -2.33. The van der Waals surface area contributed by atoms with E-state index in [1.165, 1.54) is 17.7 Å². The molecule has 1 unspecified atom stereocenters. The molecule has 2 fully saturated rings. The van der Waals surface area contributed by atoms with Gasteiger partial charge in [0.2, 0.25) is 11.9 Å². The van der Waals surface area contributed by atoms with E-state index in [0.29, 0.717) is 11.9 Å². The van der Waals surface area contributed by atoms with Crippen LogP contribution in [0, 0.1) is 12.3 Å². The quantitative estimate of drug-likeness (QED) is 0.748. The standard InChI is InChI=1S/C20H28N5O3/c1-12-10-23-15-16(21-18(23)25(12)13-8-6-7-9-13)22(5)19(28)24(17(15)27)11-14(26)20(2,3)4/h10,13,15H,6-9,11H2,1-5H3/q+1. The predicted molar refractivity (Wildman–Crippen MR) is 102 cm³/mol. The van der Waals surface area contributed by atoms with Crippen LogP contribution in [0.2, 0.25) is 0 Å². The molecule has 3 aliphatic rings. The Morgan fingerprint density at radius 1 is 1.25 bits per heavy atom. The third-order valence-electron chi connectivity index (χ3n) is 6.08. The Bertz CT molecular complexity index is 902. The van der Waals surface area contributed by atoms with Crippen LogP contribution >= 0.6 is 0 Å². The van der Waals surface area contributed by atoms with Gasteiger partial charge in [-0.3, -0.25) is 19.4 Å². The summed E-state index contributed by atoms with van der Waals surface area (Å²) < 4.78 is 4.07. The Morgan fingerprint density at radius 2 is 1.89 bits per heavy atom. The van der Waals surface area contributed by atoms with Crippen LogP contribution < -0.4 is 4.57 Å². The van der Waals surface area contributed by atoms with E-state index in [-0.39, 0.29) is 18.2 Å². The van der Waals surface area contributed by atoms with E-state index in [9.17, 15) is 14.4 Å². The first-order chi connectivity index (χ1) is 13.1. The van der Waals surface area contributed by atoms with Crippen molar-refractivity contribution in [3.63, 3.8) is 0 Å². The van der Waals surface area contributed by atoms with E-state index in [4.69, 9.17) is 4.99 Å². The van der Waals surface area contributed by atoms with Gasteiger partial charge in [-0.15, -0.1) is 0 Å².